The molecule has 1 rings (SSSR count). The smallest absolute Gasteiger partial charge is 0.137 e. The fraction of sp³-hybridized carbons (Fsp3) is 0.700. The van der Waals surface area contributed by atoms with Gasteiger partial charge < -0.3 is 5.43 Å². The predicted octanol–water partition coefficient (Wildman–Crippen LogP) is 1.30. The van der Waals surface area contributed by atoms with Crippen molar-refractivity contribution in [3.05, 3.63) is 0 Å². The van der Waals surface area contributed by atoms with E-state index in [0.717, 1.165) is 6.42 Å². The molecule has 0 saturated carbocycles. The Morgan fingerprint density at radius 2 is 1.93 bits per heavy atom. The van der Waals surface area contributed by atoms with E-state index in [0.29, 0.717) is 6.04 Å². The van der Waals surface area contributed by atoms with Crippen molar-refractivity contribution in [1.29, 1.82) is 0 Å². The van der Waals surface area contributed by atoms with E-state index in [1.165, 1.54) is 19.6 Å². The number of carbonyl (C=O) groups excluding carboxylic acids is 2. The number of carbonyl (C=O) groups is 2. The molecule has 4 nitrogen and oxygen atoms in total. The van der Waals surface area contributed by atoms with E-state index in [4.69, 9.17) is 0 Å². The molecule has 14 heavy (non-hydrogen) atoms. The second-order valence-corrected chi connectivity index (χ2v) is 3.66. The third-order valence-corrected chi connectivity index (χ3v) is 1.58. The van der Waals surface area contributed by atoms with E-state index in [9.17, 15) is 9.59 Å². The van der Waals surface area contributed by atoms with Crippen molar-refractivity contribution >= 4 is 17.3 Å². The molecule has 0 aromatic carbocycles. The van der Waals surface area contributed by atoms with E-state index >= 15 is 0 Å². The first kappa shape index (κ1) is 12.8. The predicted molar refractivity (Wildman–Crippen MR) is 56.3 cm³/mol. The van der Waals surface area contributed by atoms with Crippen LogP contribution in [0.25, 0.3) is 0 Å². The highest BCUT2D eigenvalue weighted by molar-refractivity contribution is 5.96. The summed E-state index contributed by atoms with van der Waals surface area (Å²) in [6, 6.07) is 0.569. The molecule has 1 unspecified atom stereocenters. The topological polar surface area (TPSA) is 58.5 Å². The van der Waals surface area contributed by atoms with E-state index in [1.54, 1.807) is 0 Å². The van der Waals surface area contributed by atoms with Crippen molar-refractivity contribution in [3.63, 3.8) is 0 Å². The van der Waals surface area contributed by atoms with Crippen LogP contribution in [0, 0.1) is 0 Å². The van der Waals surface area contributed by atoms with E-state index in [2.05, 4.69) is 17.5 Å². The Bertz CT molecular complexity index is 235. The molecule has 4 heteroatoms. The average Bonchev–Trinajstić information content (AvgIpc) is 2.32. The van der Waals surface area contributed by atoms with Crippen LogP contribution in [0.1, 0.15) is 40.5 Å². The number of ketones is 2. The van der Waals surface area contributed by atoms with Gasteiger partial charge in [-0.05, 0) is 27.7 Å². The lowest BCUT2D eigenvalue weighted by atomic mass is 10.2. The van der Waals surface area contributed by atoms with Crippen LogP contribution in [0.15, 0.2) is 5.10 Å². The van der Waals surface area contributed by atoms with Gasteiger partial charge in [-0.15, -0.1) is 0 Å². The fourth-order valence-electron chi connectivity index (χ4n) is 1.11. The fourth-order valence-corrected chi connectivity index (χ4v) is 1.11. The zero-order valence-electron chi connectivity index (χ0n) is 9.26. The van der Waals surface area contributed by atoms with Gasteiger partial charge in [-0.25, -0.2) is 0 Å². The number of hydrazone groups is 1. The molecule has 0 radical (unpaired) electrons. The van der Waals surface area contributed by atoms with Gasteiger partial charge in [0.1, 0.15) is 11.6 Å². The highest BCUT2D eigenvalue weighted by Crippen LogP contribution is 1.99. The van der Waals surface area contributed by atoms with Gasteiger partial charge in [0.15, 0.2) is 0 Å². The maximum absolute atomic E-state index is 10.0. The number of hydrogen-bond acceptors (Lipinski definition) is 4. The molecular weight excluding hydrogens is 180 g/mol. The Morgan fingerprint density at radius 3 is 2.00 bits per heavy atom. The average molecular weight is 198 g/mol. The van der Waals surface area contributed by atoms with Crippen LogP contribution in [0.5, 0.6) is 0 Å². The quantitative estimate of drug-likeness (QED) is 0.680. The summed E-state index contributed by atoms with van der Waals surface area (Å²) in [6.07, 6.45) is 1.19. The molecule has 0 fully saturated rings. The molecule has 1 aliphatic rings. The van der Waals surface area contributed by atoms with Gasteiger partial charge in [-0.2, -0.15) is 5.10 Å². The minimum atomic E-state index is -0.0625. The molecule has 0 amide bonds. The lowest BCUT2D eigenvalue weighted by Gasteiger charge is -1.95. The molecule has 0 bridgehead atoms. The SMILES string of the molecule is CC(=O)CC(C)=O.CC1=NNC(C)C1. The first-order valence-electron chi connectivity index (χ1n) is 4.69. The lowest BCUT2D eigenvalue weighted by molar-refractivity contribution is -0.124. The molecule has 1 atom stereocenters. The van der Waals surface area contributed by atoms with E-state index < -0.39 is 0 Å². The summed E-state index contributed by atoms with van der Waals surface area (Å²) in [5, 5.41) is 3.98. The first-order chi connectivity index (χ1) is 6.41. The molecule has 0 aromatic heterocycles. The molecular formula is C10H18N2O2. The number of hydrogen-bond donors (Lipinski definition) is 1. The van der Waals surface area contributed by atoms with Crippen molar-refractivity contribution in [2.75, 3.05) is 0 Å². The van der Waals surface area contributed by atoms with Crippen LogP contribution in [-0.2, 0) is 9.59 Å². The number of rotatable bonds is 2. The van der Waals surface area contributed by atoms with Crippen LogP contribution in [0.4, 0.5) is 0 Å². The Labute approximate surface area is 84.8 Å². The van der Waals surface area contributed by atoms with Gasteiger partial charge in [-0.3, -0.25) is 9.59 Å². The van der Waals surface area contributed by atoms with Crippen molar-refractivity contribution in [2.45, 2.75) is 46.6 Å². The largest absolute Gasteiger partial charge is 0.307 e. The highest BCUT2D eigenvalue weighted by atomic mass is 16.1. The van der Waals surface area contributed by atoms with Gasteiger partial charge in [0, 0.05) is 18.2 Å². The summed E-state index contributed by atoms with van der Waals surface area (Å²) in [5.41, 5.74) is 4.17. The van der Waals surface area contributed by atoms with Crippen molar-refractivity contribution < 1.29 is 9.59 Å². The molecule has 1 N–H and O–H groups in total. The third kappa shape index (κ3) is 7.46. The maximum Gasteiger partial charge on any atom is 0.137 e. The molecule has 1 heterocycles. The van der Waals surface area contributed by atoms with Crippen molar-refractivity contribution in [1.82, 2.24) is 5.43 Å². The molecule has 0 saturated heterocycles. The Balaban J connectivity index is 0.000000241. The lowest BCUT2D eigenvalue weighted by Crippen LogP contribution is -2.13. The molecule has 0 aliphatic carbocycles. The Morgan fingerprint density at radius 1 is 1.43 bits per heavy atom. The maximum atomic E-state index is 10.0. The van der Waals surface area contributed by atoms with Gasteiger partial charge in [0.25, 0.3) is 0 Å². The van der Waals surface area contributed by atoms with Gasteiger partial charge in [0.2, 0.25) is 0 Å². The second-order valence-electron chi connectivity index (χ2n) is 3.66. The standard InChI is InChI=1S/C5H10N2.C5H8O2/c1-4-3-5(2)7-6-4;1-4(6)3-5(2)7/h4,6H,3H2,1-2H3;3H2,1-2H3. The second kappa shape index (κ2) is 6.29. The van der Waals surface area contributed by atoms with Crippen LogP contribution >= 0.6 is 0 Å². The van der Waals surface area contributed by atoms with Crippen molar-refractivity contribution in [3.8, 4) is 0 Å². The summed E-state index contributed by atoms with van der Waals surface area (Å²) >= 11 is 0. The van der Waals surface area contributed by atoms with Crippen LogP contribution in [-0.4, -0.2) is 23.3 Å². The van der Waals surface area contributed by atoms with Crippen molar-refractivity contribution in [2.24, 2.45) is 5.10 Å². The Hall–Kier alpha value is -1.19. The van der Waals surface area contributed by atoms with Gasteiger partial charge >= 0.3 is 0 Å². The number of nitrogens with zero attached hydrogens (tertiary/aromatic N) is 1. The summed E-state index contributed by atoms with van der Waals surface area (Å²) in [6.45, 7) is 6.97. The van der Waals surface area contributed by atoms with E-state index in [1.807, 2.05) is 6.92 Å². The number of nitrogens with one attached hydrogen (secondary N) is 1. The monoisotopic (exact) mass is 198 g/mol. The summed E-state index contributed by atoms with van der Waals surface area (Å²) in [4.78, 5) is 20.1. The van der Waals surface area contributed by atoms with Gasteiger partial charge in [0.05, 0.1) is 6.42 Å². The van der Waals surface area contributed by atoms with E-state index in [-0.39, 0.29) is 18.0 Å². The zero-order chi connectivity index (χ0) is 11.1. The minimum Gasteiger partial charge on any atom is -0.307 e. The van der Waals surface area contributed by atoms with Crippen LogP contribution < -0.4 is 5.43 Å². The van der Waals surface area contributed by atoms with Crippen LogP contribution in [0.2, 0.25) is 0 Å². The molecule has 80 valence electrons. The normalized spacial score (nSPS) is 18.9. The third-order valence-electron chi connectivity index (χ3n) is 1.58. The van der Waals surface area contributed by atoms with Gasteiger partial charge in [-0.1, -0.05) is 0 Å². The summed E-state index contributed by atoms with van der Waals surface area (Å²) < 4.78 is 0. The summed E-state index contributed by atoms with van der Waals surface area (Å²) in [7, 11) is 0. The van der Waals surface area contributed by atoms with Crippen LogP contribution in [0.3, 0.4) is 0 Å². The Kier molecular flexibility index (Phi) is 5.76. The minimum absolute atomic E-state index is 0.0625. The molecule has 1 aliphatic heterocycles. The molecule has 0 aromatic rings. The summed E-state index contributed by atoms with van der Waals surface area (Å²) in [5.74, 6) is -0.125. The highest BCUT2D eigenvalue weighted by Gasteiger charge is 2.07. The number of Topliss-reactive ketones (excluding diaryl/α,β-unsaturated/α-hetero) is 2. The molecule has 0 spiro atoms. The first-order valence-corrected chi connectivity index (χ1v) is 4.69. The zero-order valence-corrected chi connectivity index (χ0v) is 9.26.